The van der Waals surface area contributed by atoms with E-state index < -0.39 is 5.91 Å². The molecule has 1 saturated heterocycles. The van der Waals surface area contributed by atoms with Crippen molar-refractivity contribution in [1.82, 2.24) is 20.7 Å². The van der Waals surface area contributed by atoms with Crippen LogP contribution < -0.4 is 10.6 Å². The molecule has 3 aromatic rings. The topological polar surface area (TPSA) is 87.5 Å². The molecule has 0 bridgehead atoms. The first-order chi connectivity index (χ1) is 15.6. The maximum absolute atomic E-state index is 12.3. The van der Waals surface area contributed by atoms with Gasteiger partial charge in [-0.1, -0.05) is 65.8 Å². The summed E-state index contributed by atoms with van der Waals surface area (Å²) in [6, 6.07) is 21.9. The fourth-order valence-corrected chi connectivity index (χ4v) is 4.02. The Balaban J connectivity index is 1.20. The number of hydrogen-bond acceptors (Lipinski definition) is 5. The third-order valence-electron chi connectivity index (χ3n) is 5.93. The van der Waals surface area contributed by atoms with Crippen molar-refractivity contribution in [2.24, 2.45) is 0 Å². The van der Waals surface area contributed by atoms with Crippen LogP contribution in [-0.2, 0) is 4.79 Å². The fourth-order valence-electron chi connectivity index (χ4n) is 4.02. The number of benzene rings is 2. The summed E-state index contributed by atoms with van der Waals surface area (Å²) in [5.74, 6) is -0.117. The van der Waals surface area contributed by atoms with E-state index in [0.29, 0.717) is 11.8 Å². The Bertz CT molecular complexity index is 1030. The molecule has 1 fully saturated rings. The summed E-state index contributed by atoms with van der Waals surface area (Å²) in [6.45, 7) is 3.98. The van der Waals surface area contributed by atoms with Crippen LogP contribution in [0.15, 0.2) is 71.3 Å². The highest BCUT2D eigenvalue weighted by molar-refractivity contribution is 5.95. The Morgan fingerprint density at radius 3 is 2.41 bits per heavy atom. The van der Waals surface area contributed by atoms with Gasteiger partial charge in [-0.15, -0.1) is 0 Å². The molecule has 1 aliphatic heterocycles. The standard InChI is InChI=1S/C25H28N4O3/c1-18(19-8-4-2-5-9-19)29-14-12-21(13-15-29)27-24(30)17-26-25(31)22-16-23(32-28-22)20-10-6-3-7-11-20/h2-11,16,18,21H,12-15,17H2,1H3,(H,26,31)(H,27,30). The zero-order valence-electron chi connectivity index (χ0n) is 18.2. The molecule has 0 aliphatic carbocycles. The number of hydrogen-bond donors (Lipinski definition) is 2. The summed E-state index contributed by atoms with van der Waals surface area (Å²) in [6.07, 6.45) is 1.78. The smallest absolute Gasteiger partial charge is 0.273 e. The highest BCUT2D eigenvalue weighted by Gasteiger charge is 2.24. The van der Waals surface area contributed by atoms with E-state index in [2.05, 4.69) is 51.9 Å². The van der Waals surface area contributed by atoms with Crippen molar-refractivity contribution in [3.63, 3.8) is 0 Å². The summed E-state index contributed by atoms with van der Waals surface area (Å²) >= 11 is 0. The molecule has 1 unspecified atom stereocenters. The molecule has 0 saturated carbocycles. The molecule has 7 heteroatoms. The number of carbonyl (C=O) groups is 2. The number of amides is 2. The number of piperidine rings is 1. The van der Waals surface area contributed by atoms with Gasteiger partial charge in [0.2, 0.25) is 5.91 Å². The number of carbonyl (C=O) groups excluding carboxylic acids is 2. The van der Waals surface area contributed by atoms with Crippen molar-refractivity contribution in [2.75, 3.05) is 19.6 Å². The van der Waals surface area contributed by atoms with Gasteiger partial charge in [0.1, 0.15) is 0 Å². The van der Waals surface area contributed by atoms with E-state index in [9.17, 15) is 9.59 Å². The monoisotopic (exact) mass is 432 g/mol. The van der Waals surface area contributed by atoms with Crippen LogP contribution in [0.4, 0.5) is 0 Å². The third kappa shape index (κ3) is 5.42. The van der Waals surface area contributed by atoms with Gasteiger partial charge >= 0.3 is 0 Å². The van der Waals surface area contributed by atoms with Gasteiger partial charge in [-0.25, -0.2) is 0 Å². The molecule has 32 heavy (non-hydrogen) atoms. The molecule has 2 N–H and O–H groups in total. The lowest BCUT2D eigenvalue weighted by Gasteiger charge is -2.36. The summed E-state index contributed by atoms with van der Waals surface area (Å²) in [5, 5.41) is 9.46. The van der Waals surface area contributed by atoms with Gasteiger partial charge in [-0.05, 0) is 25.3 Å². The van der Waals surface area contributed by atoms with Crippen molar-refractivity contribution in [1.29, 1.82) is 0 Å². The van der Waals surface area contributed by atoms with E-state index >= 15 is 0 Å². The van der Waals surface area contributed by atoms with Crippen molar-refractivity contribution in [3.05, 3.63) is 78.0 Å². The molecule has 166 valence electrons. The molecule has 1 aliphatic rings. The van der Waals surface area contributed by atoms with E-state index in [1.807, 2.05) is 36.4 Å². The molecule has 7 nitrogen and oxygen atoms in total. The third-order valence-corrected chi connectivity index (χ3v) is 5.93. The van der Waals surface area contributed by atoms with Crippen LogP contribution in [0.1, 0.15) is 41.9 Å². The zero-order chi connectivity index (χ0) is 22.3. The average Bonchev–Trinajstić information content (AvgIpc) is 3.34. The first-order valence-electron chi connectivity index (χ1n) is 11.0. The van der Waals surface area contributed by atoms with Crippen LogP contribution in [0.2, 0.25) is 0 Å². The molecule has 1 aromatic heterocycles. The first-order valence-corrected chi connectivity index (χ1v) is 11.0. The van der Waals surface area contributed by atoms with Gasteiger partial charge in [0.25, 0.3) is 5.91 Å². The maximum atomic E-state index is 12.3. The highest BCUT2D eigenvalue weighted by atomic mass is 16.5. The minimum atomic E-state index is -0.433. The quantitative estimate of drug-likeness (QED) is 0.597. The minimum Gasteiger partial charge on any atom is -0.355 e. The number of aromatic nitrogens is 1. The van der Waals surface area contributed by atoms with E-state index in [0.717, 1.165) is 31.5 Å². The Morgan fingerprint density at radius 2 is 1.72 bits per heavy atom. The van der Waals surface area contributed by atoms with Crippen LogP contribution in [-0.4, -0.2) is 47.5 Å². The van der Waals surface area contributed by atoms with Crippen LogP contribution in [0.5, 0.6) is 0 Å². The second-order valence-electron chi connectivity index (χ2n) is 8.09. The summed E-state index contributed by atoms with van der Waals surface area (Å²) < 4.78 is 5.25. The second-order valence-corrected chi connectivity index (χ2v) is 8.09. The van der Waals surface area contributed by atoms with E-state index in [4.69, 9.17) is 4.52 Å². The Morgan fingerprint density at radius 1 is 1.06 bits per heavy atom. The molecular weight excluding hydrogens is 404 g/mol. The lowest BCUT2D eigenvalue weighted by molar-refractivity contribution is -0.121. The Labute approximate surface area is 187 Å². The number of nitrogens with zero attached hydrogens (tertiary/aromatic N) is 2. The highest BCUT2D eigenvalue weighted by Crippen LogP contribution is 2.24. The van der Waals surface area contributed by atoms with Crippen LogP contribution in [0.25, 0.3) is 11.3 Å². The minimum absolute atomic E-state index is 0.0903. The van der Waals surface area contributed by atoms with Crippen molar-refractivity contribution in [3.8, 4) is 11.3 Å². The van der Waals surface area contributed by atoms with Crippen LogP contribution in [0.3, 0.4) is 0 Å². The van der Waals surface area contributed by atoms with E-state index in [1.165, 1.54) is 5.56 Å². The summed E-state index contributed by atoms with van der Waals surface area (Å²) in [4.78, 5) is 27.1. The van der Waals surface area contributed by atoms with Crippen LogP contribution >= 0.6 is 0 Å². The predicted molar refractivity (Wildman–Crippen MR) is 122 cm³/mol. The Kier molecular flexibility index (Phi) is 6.97. The average molecular weight is 433 g/mol. The molecular formula is C25H28N4O3. The van der Waals surface area contributed by atoms with Crippen molar-refractivity contribution >= 4 is 11.8 Å². The number of likely N-dealkylation sites (tertiary alicyclic amines) is 1. The van der Waals surface area contributed by atoms with Crippen molar-refractivity contribution in [2.45, 2.75) is 31.8 Å². The SMILES string of the molecule is CC(c1ccccc1)N1CCC(NC(=O)CNC(=O)c2cc(-c3ccccc3)on2)CC1. The zero-order valence-corrected chi connectivity index (χ0v) is 18.2. The number of nitrogens with one attached hydrogen (secondary N) is 2. The summed E-state index contributed by atoms with van der Waals surface area (Å²) in [5.41, 5.74) is 2.30. The van der Waals surface area contributed by atoms with Gasteiger partial charge in [0.15, 0.2) is 11.5 Å². The van der Waals surface area contributed by atoms with Gasteiger partial charge < -0.3 is 15.2 Å². The van der Waals surface area contributed by atoms with Crippen molar-refractivity contribution < 1.29 is 14.1 Å². The fraction of sp³-hybridized carbons (Fsp3) is 0.320. The Hall–Kier alpha value is -3.45. The van der Waals surface area contributed by atoms with Gasteiger partial charge in [-0.3, -0.25) is 14.5 Å². The normalized spacial score (nSPS) is 15.8. The predicted octanol–water partition coefficient (Wildman–Crippen LogP) is 3.41. The molecule has 2 amide bonds. The first kappa shape index (κ1) is 21.8. The summed E-state index contributed by atoms with van der Waals surface area (Å²) in [7, 11) is 0. The molecule has 2 heterocycles. The molecule has 0 spiro atoms. The van der Waals surface area contributed by atoms with E-state index in [-0.39, 0.29) is 24.2 Å². The lowest BCUT2D eigenvalue weighted by Crippen LogP contribution is -2.47. The molecule has 0 radical (unpaired) electrons. The van der Waals surface area contributed by atoms with Crippen LogP contribution in [0, 0.1) is 0 Å². The molecule has 1 atom stereocenters. The maximum Gasteiger partial charge on any atom is 0.273 e. The largest absolute Gasteiger partial charge is 0.355 e. The van der Waals surface area contributed by atoms with Gasteiger partial charge in [0.05, 0.1) is 6.54 Å². The lowest BCUT2D eigenvalue weighted by atomic mass is 10.00. The van der Waals surface area contributed by atoms with Gasteiger partial charge in [0, 0.05) is 36.8 Å². The molecule has 4 rings (SSSR count). The van der Waals surface area contributed by atoms with Gasteiger partial charge in [-0.2, -0.15) is 0 Å². The second kappa shape index (κ2) is 10.2. The number of rotatable bonds is 7. The van der Waals surface area contributed by atoms with E-state index in [1.54, 1.807) is 6.07 Å². The molecule has 2 aromatic carbocycles.